The minimum atomic E-state index is -0.436. The summed E-state index contributed by atoms with van der Waals surface area (Å²) < 4.78 is 2.20. The van der Waals surface area contributed by atoms with E-state index in [9.17, 15) is 10.1 Å². The van der Waals surface area contributed by atoms with Gasteiger partial charge in [0, 0.05) is 12.1 Å². The van der Waals surface area contributed by atoms with Crippen LogP contribution in [-0.4, -0.2) is 26.5 Å². The molecule has 0 radical (unpaired) electrons. The Labute approximate surface area is 124 Å². The molecule has 0 aliphatic carbocycles. The molecule has 0 fully saturated rings. The predicted octanol–water partition coefficient (Wildman–Crippen LogP) is 2.22. The van der Waals surface area contributed by atoms with Crippen LogP contribution in [0.3, 0.4) is 0 Å². The highest BCUT2D eigenvalue weighted by molar-refractivity contribution is 9.10. The monoisotopic (exact) mass is 339 g/mol. The van der Waals surface area contributed by atoms with Gasteiger partial charge in [0.1, 0.15) is 0 Å². The zero-order chi connectivity index (χ0) is 14.5. The Morgan fingerprint density at radius 1 is 1.40 bits per heavy atom. The number of nitrogens with two attached hydrogens (primary N) is 1. The van der Waals surface area contributed by atoms with Crippen molar-refractivity contribution in [3.63, 3.8) is 0 Å². The normalized spacial score (nSPS) is 10.7. The Bertz CT molecular complexity index is 614. The largest absolute Gasteiger partial charge is 0.330 e. The average molecular weight is 340 g/mol. The lowest BCUT2D eigenvalue weighted by atomic mass is 10.2. The van der Waals surface area contributed by atoms with Gasteiger partial charge in [-0.05, 0) is 47.8 Å². The van der Waals surface area contributed by atoms with Crippen LogP contribution < -0.4 is 5.73 Å². The van der Waals surface area contributed by atoms with Gasteiger partial charge < -0.3 is 5.73 Å². The second-order valence-electron chi connectivity index (χ2n) is 4.29. The summed E-state index contributed by atoms with van der Waals surface area (Å²) in [6.45, 7) is 0.669. The van der Waals surface area contributed by atoms with E-state index in [2.05, 4.69) is 26.2 Å². The molecule has 0 saturated heterocycles. The van der Waals surface area contributed by atoms with E-state index in [4.69, 9.17) is 5.73 Å². The third-order valence-corrected chi connectivity index (χ3v) is 3.45. The molecule has 0 aliphatic heterocycles. The molecule has 2 rings (SSSR count). The molecule has 0 spiro atoms. The zero-order valence-corrected chi connectivity index (χ0v) is 12.3. The quantitative estimate of drug-likeness (QED) is 0.494. The first kappa shape index (κ1) is 14.6. The maximum Gasteiger partial charge on any atom is 0.270 e. The highest BCUT2D eigenvalue weighted by Gasteiger charge is 2.11. The smallest absolute Gasteiger partial charge is 0.270 e. The van der Waals surface area contributed by atoms with Gasteiger partial charge in [-0.2, -0.15) is 0 Å². The fourth-order valence-corrected chi connectivity index (χ4v) is 2.32. The molecule has 2 N–H and O–H groups in total. The van der Waals surface area contributed by atoms with Gasteiger partial charge in [-0.1, -0.05) is 5.21 Å². The number of aryl methyl sites for hydroxylation is 1. The Morgan fingerprint density at radius 3 is 2.85 bits per heavy atom. The number of halogens is 1. The highest BCUT2D eigenvalue weighted by atomic mass is 79.9. The molecule has 8 heteroatoms. The number of aromatic nitrogens is 3. The van der Waals surface area contributed by atoms with Crippen LogP contribution in [0, 0.1) is 10.1 Å². The summed E-state index contributed by atoms with van der Waals surface area (Å²) in [6.07, 6.45) is 4.56. The number of rotatable bonds is 6. The van der Waals surface area contributed by atoms with Crippen LogP contribution in [0.1, 0.15) is 18.5 Å². The Balaban J connectivity index is 2.17. The fourth-order valence-electron chi connectivity index (χ4n) is 1.78. The zero-order valence-electron chi connectivity index (χ0n) is 10.7. The second-order valence-corrected chi connectivity index (χ2v) is 5.15. The van der Waals surface area contributed by atoms with Gasteiger partial charge in [0.15, 0.2) is 0 Å². The van der Waals surface area contributed by atoms with Gasteiger partial charge in [-0.25, -0.2) is 4.68 Å². The topological polar surface area (TPSA) is 99.9 Å². The number of hydrogen-bond donors (Lipinski definition) is 1. The minimum absolute atomic E-state index is 0.0314. The summed E-state index contributed by atoms with van der Waals surface area (Å²) in [5, 5.41) is 18.8. The minimum Gasteiger partial charge on any atom is -0.330 e. The van der Waals surface area contributed by atoms with Crippen LogP contribution in [0.5, 0.6) is 0 Å². The first-order chi connectivity index (χ1) is 9.61. The van der Waals surface area contributed by atoms with Crippen molar-refractivity contribution in [2.24, 2.45) is 5.73 Å². The summed E-state index contributed by atoms with van der Waals surface area (Å²) >= 11 is 3.32. The number of non-ortho nitro benzene ring substituents is 1. The molecule has 0 aliphatic rings. The van der Waals surface area contributed by atoms with E-state index < -0.39 is 4.92 Å². The van der Waals surface area contributed by atoms with E-state index in [0.29, 0.717) is 16.7 Å². The molecule has 0 saturated carbocycles. The summed E-state index contributed by atoms with van der Waals surface area (Å²) in [5.74, 6) is 0. The third kappa shape index (κ3) is 3.40. The van der Waals surface area contributed by atoms with Crippen molar-refractivity contribution in [3.8, 4) is 5.69 Å². The molecule has 7 nitrogen and oxygen atoms in total. The highest BCUT2D eigenvalue weighted by Crippen LogP contribution is 2.25. The molecule has 2 aromatic rings. The van der Waals surface area contributed by atoms with Crippen molar-refractivity contribution in [2.75, 3.05) is 6.54 Å². The van der Waals surface area contributed by atoms with Crippen molar-refractivity contribution in [1.29, 1.82) is 0 Å². The van der Waals surface area contributed by atoms with E-state index in [0.717, 1.165) is 25.0 Å². The average Bonchev–Trinajstić information content (AvgIpc) is 2.87. The number of nitrogens with zero attached hydrogens (tertiary/aromatic N) is 4. The summed E-state index contributed by atoms with van der Waals surface area (Å²) in [5.41, 5.74) is 7.07. The maximum atomic E-state index is 10.7. The maximum absolute atomic E-state index is 10.7. The third-order valence-electron chi connectivity index (χ3n) is 2.82. The van der Waals surface area contributed by atoms with E-state index in [1.165, 1.54) is 12.1 Å². The molecule has 1 aromatic heterocycles. The molecular formula is C12H14BrN5O2. The number of hydrogen-bond acceptors (Lipinski definition) is 5. The SMILES string of the molecule is NCCCCc1cn(-c2ccc([N+](=O)[O-])cc2Br)nn1. The van der Waals surface area contributed by atoms with Crippen LogP contribution >= 0.6 is 15.9 Å². The molecule has 0 amide bonds. The molecule has 1 aromatic carbocycles. The van der Waals surface area contributed by atoms with Crippen LogP contribution in [0.2, 0.25) is 0 Å². The summed E-state index contributed by atoms with van der Waals surface area (Å²) in [4.78, 5) is 10.3. The van der Waals surface area contributed by atoms with Gasteiger partial charge in [0.25, 0.3) is 5.69 Å². The molecule has 1 heterocycles. The van der Waals surface area contributed by atoms with Crippen LogP contribution in [-0.2, 0) is 6.42 Å². The second kappa shape index (κ2) is 6.58. The van der Waals surface area contributed by atoms with E-state index in [1.807, 2.05) is 6.20 Å². The lowest BCUT2D eigenvalue weighted by Crippen LogP contribution is -1.99. The molecule has 0 unspecified atom stereocenters. The Morgan fingerprint density at radius 2 is 2.20 bits per heavy atom. The van der Waals surface area contributed by atoms with Gasteiger partial charge in [0.2, 0.25) is 0 Å². The first-order valence-corrected chi connectivity index (χ1v) is 6.96. The van der Waals surface area contributed by atoms with Gasteiger partial charge in [0.05, 0.1) is 27.0 Å². The van der Waals surface area contributed by atoms with Crippen molar-refractivity contribution in [2.45, 2.75) is 19.3 Å². The first-order valence-electron chi connectivity index (χ1n) is 6.17. The number of nitro benzene ring substituents is 1. The van der Waals surface area contributed by atoms with Crippen LogP contribution in [0.15, 0.2) is 28.9 Å². The van der Waals surface area contributed by atoms with Gasteiger partial charge in [-0.3, -0.25) is 10.1 Å². The Hall–Kier alpha value is -1.80. The Kier molecular flexibility index (Phi) is 4.80. The van der Waals surface area contributed by atoms with Crippen molar-refractivity contribution in [3.05, 3.63) is 44.7 Å². The standard InChI is InChI=1S/C12H14BrN5O2/c13-11-7-10(18(19)20)4-5-12(11)17-8-9(15-16-17)3-1-2-6-14/h4-5,7-8H,1-3,6,14H2. The fraction of sp³-hybridized carbons (Fsp3) is 0.333. The van der Waals surface area contributed by atoms with Crippen molar-refractivity contribution in [1.82, 2.24) is 15.0 Å². The molecule has 106 valence electrons. The van der Waals surface area contributed by atoms with Gasteiger partial charge in [-0.15, -0.1) is 5.10 Å². The van der Waals surface area contributed by atoms with Crippen LogP contribution in [0.4, 0.5) is 5.69 Å². The lowest BCUT2D eigenvalue weighted by molar-refractivity contribution is -0.384. The van der Waals surface area contributed by atoms with E-state index in [1.54, 1.807) is 10.7 Å². The number of unbranched alkanes of at least 4 members (excludes halogenated alkanes) is 1. The van der Waals surface area contributed by atoms with Crippen molar-refractivity contribution < 1.29 is 4.92 Å². The van der Waals surface area contributed by atoms with Crippen LogP contribution in [0.25, 0.3) is 5.69 Å². The molecule has 20 heavy (non-hydrogen) atoms. The number of benzene rings is 1. The van der Waals surface area contributed by atoms with Crippen molar-refractivity contribution >= 4 is 21.6 Å². The molecule has 0 bridgehead atoms. The lowest BCUT2D eigenvalue weighted by Gasteiger charge is -2.02. The predicted molar refractivity (Wildman–Crippen MR) is 77.7 cm³/mol. The molecular weight excluding hydrogens is 326 g/mol. The van der Waals surface area contributed by atoms with Gasteiger partial charge >= 0.3 is 0 Å². The molecule has 0 atom stereocenters. The van der Waals surface area contributed by atoms with E-state index >= 15 is 0 Å². The summed E-state index contributed by atoms with van der Waals surface area (Å²) in [6, 6.07) is 4.53. The summed E-state index contributed by atoms with van der Waals surface area (Å²) in [7, 11) is 0. The number of nitro groups is 1. The van der Waals surface area contributed by atoms with E-state index in [-0.39, 0.29) is 5.69 Å².